The van der Waals surface area contributed by atoms with E-state index in [-0.39, 0.29) is 40.2 Å². The van der Waals surface area contributed by atoms with Crippen molar-refractivity contribution in [2.45, 2.75) is 92.9 Å². The van der Waals surface area contributed by atoms with Crippen molar-refractivity contribution in [2.75, 3.05) is 0 Å². The lowest BCUT2D eigenvalue weighted by Gasteiger charge is -2.44. The van der Waals surface area contributed by atoms with Crippen LogP contribution in [-0.4, -0.2) is 63.0 Å². The Morgan fingerprint density at radius 1 is 0.372 bits per heavy atom. The van der Waals surface area contributed by atoms with E-state index in [0.29, 0.717) is 40.0 Å². The van der Waals surface area contributed by atoms with Crippen LogP contribution in [0.25, 0.3) is 121 Å². The van der Waals surface area contributed by atoms with Crippen LogP contribution in [0.1, 0.15) is 152 Å². The molecular formula is C82H70N8O4. The molecule has 9 aliphatic rings. The molecule has 12 nitrogen and oxygen atoms in total. The first-order chi connectivity index (χ1) is 45.5. The minimum Gasteiger partial charge on any atom is -0.355 e. The van der Waals surface area contributed by atoms with Gasteiger partial charge >= 0.3 is 0 Å². The lowest BCUT2D eigenvalue weighted by atomic mass is 9.55. The SMILES string of the molecule is CC(C)Cc1c2nc(c(CC(C)C)c3cc(-c4c5nc(cc6ccc([nH]6)c(-c6ccc(C7=CC(=O)C8=C(C7=O)C7C9=C(C(=O)C=CC9=O)C8c8ccccc87)cc6)c6nc(cc7ccc4[nH]7)C=C6)C=C5)c([nH]3)c(CC(C)C)c3nc(c(CC(C)C)c4ccc1[nH]4)C=C3)C=C2. The molecule has 0 fully saturated rings. The van der Waals surface area contributed by atoms with Crippen LogP contribution >= 0.6 is 0 Å². The molecule has 10 heterocycles. The van der Waals surface area contributed by atoms with E-state index in [9.17, 15) is 19.2 Å². The van der Waals surface area contributed by atoms with E-state index >= 15 is 0 Å². The van der Waals surface area contributed by atoms with Gasteiger partial charge in [0, 0.05) is 117 Å². The number of hydrogen-bond donors (Lipinski definition) is 4. The average molecular weight is 1230 g/mol. The molecule has 4 N–H and O–H groups in total. The number of hydrogen-bond acceptors (Lipinski definition) is 8. The zero-order valence-corrected chi connectivity index (χ0v) is 53.9. The van der Waals surface area contributed by atoms with Gasteiger partial charge in [-0.2, -0.15) is 0 Å². The highest BCUT2D eigenvalue weighted by atomic mass is 16.1. The molecule has 12 heteroatoms. The first kappa shape index (κ1) is 58.4. The lowest BCUT2D eigenvalue weighted by molar-refractivity contribution is -0.117. The van der Waals surface area contributed by atoms with Gasteiger partial charge in [-0.3, -0.25) is 19.2 Å². The molecule has 0 amide bonds. The molecule has 2 aromatic carbocycles. The smallest absolute Gasteiger partial charge is 0.191 e. The molecule has 0 radical (unpaired) electrons. The summed E-state index contributed by atoms with van der Waals surface area (Å²) in [6.45, 7) is 18.2. The average Bonchev–Trinajstić information content (AvgIpc) is 0.986. The Labute approximate surface area is 544 Å². The van der Waals surface area contributed by atoms with Gasteiger partial charge in [-0.1, -0.05) is 104 Å². The van der Waals surface area contributed by atoms with Crippen molar-refractivity contribution >= 4 is 121 Å². The van der Waals surface area contributed by atoms with Crippen LogP contribution < -0.4 is 0 Å². The molecule has 0 saturated heterocycles. The summed E-state index contributed by atoms with van der Waals surface area (Å²) in [5, 5.41) is 0. The Balaban J connectivity index is 0.857. The molecule has 4 aliphatic heterocycles. The Bertz CT molecular complexity index is 5360. The quantitative estimate of drug-likeness (QED) is 0.0923. The summed E-state index contributed by atoms with van der Waals surface area (Å²) >= 11 is 0. The van der Waals surface area contributed by atoms with Crippen molar-refractivity contribution in [3.8, 4) is 22.3 Å². The topological polar surface area (TPSA) is 183 Å². The van der Waals surface area contributed by atoms with E-state index in [1.165, 1.54) is 29.4 Å². The highest BCUT2D eigenvalue weighted by Gasteiger charge is 2.53. The number of rotatable bonds is 11. The summed E-state index contributed by atoms with van der Waals surface area (Å²) in [6, 6.07) is 34.5. The second-order valence-corrected chi connectivity index (χ2v) is 27.7. The number of nitrogens with one attached hydrogen (secondary N) is 4. The third-order valence-corrected chi connectivity index (χ3v) is 19.2. The third-order valence-electron chi connectivity index (χ3n) is 19.2. The van der Waals surface area contributed by atoms with Gasteiger partial charge in [0.1, 0.15) is 0 Å². The molecule has 94 heavy (non-hydrogen) atoms. The number of H-pyrrole nitrogens is 4. The van der Waals surface area contributed by atoms with Gasteiger partial charge in [-0.05, 0) is 193 Å². The number of fused-ring (bicyclic) bond motifs is 16. The predicted molar refractivity (Wildman–Crippen MR) is 379 cm³/mol. The van der Waals surface area contributed by atoms with Gasteiger partial charge in [0.2, 0.25) is 0 Å². The van der Waals surface area contributed by atoms with E-state index in [1.807, 2.05) is 60.7 Å². The van der Waals surface area contributed by atoms with Crippen molar-refractivity contribution in [1.82, 2.24) is 39.9 Å². The van der Waals surface area contributed by atoms with E-state index in [0.717, 1.165) is 160 Å². The third kappa shape index (κ3) is 9.88. The summed E-state index contributed by atoms with van der Waals surface area (Å²) < 4.78 is 0. The number of Topliss-reactive ketones (excluding diaryl/α,β-unsaturated/α-hetero) is 1. The molecule has 8 aromatic rings. The minimum absolute atomic E-state index is 0.243. The second-order valence-electron chi connectivity index (χ2n) is 27.7. The molecule has 0 saturated carbocycles. The van der Waals surface area contributed by atoms with E-state index in [2.05, 4.69) is 166 Å². The first-order valence-electron chi connectivity index (χ1n) is 33.0. The fourth-order valence-electron chi connectivity index (χ4n) is 15.3. The van der Waals surface area contributed by atoms with Crippen molar-refractivity contribution < 1.29 is 19.2 Å². The van der Waals surface area contributed by atoms with E-state index in [1.54, 1.807) is 0 Å². The monoisotopic (exact) mass is 1230 g/mol. The van der Waals surface area contributed by atoms with Crippen LogP contribution in [0.2, 0.25) is 0 Å². The summed E-state index contributed by atoms with van der Waals surface area (Å²) in [6.07, 6.45) is 24.3. The molecule has 5 aliphatic carbocycles. The number of benzene rings is 2. The number of allylic oxidation sites excluding steroid dienone is 8. The molecule has 2 atom stereocenters. The number of aromatic amines is 4. The van der Waals surface area contributed by atoms with Crippen LogP contribution in [0.4, 0.5) is 0 Å². The zero-order chi connectivity index (χ0) is 64.5. The van der Waals surface area contributed by atoms with E-state index < -0.39 is 11.8 Å². The number of carbonyl (C=O) groups is 4. The molecule has 0 spiro atoms. The number of ketones is 4. The molecule has 2 unspecified atom stereocenters. The maximum absolute atomic E-state index is 15.0. The maximum Gasteiger partial charge on any atom is 0.191 e. The number of aromatic nitrogens is 8. The summed E-state index contributed by atoms with van der Waals surface area (Å²) in [7, 11) is 0. The Morgan fingerprint density at radius 3 is 1.34 bits per heavy atom. The normalized spacial score (nSPS) is 16.9. The zero-order valence-electron chi connectivity index (χ0n) is 53.9. The maximum atomic E-state index is 15.0. The predicted octanol–water partition coefficient (Wildman–Crippen LogP) is 17.5. The number of carbonyl (C=O) groups excluding carboxylic acids is 4. The highest BCUT2D eigenvalue weighted by molar-refractivity contribution is 6.40. The Kier molecular flexibility index (Phi) is 14.0. The van der Waals surface area contributed by atoms with Gasteiger partial charge < -0.3 is 19.9 Å². The largest absolute Gasteiger partial charge is 0.355 e. The summed E-state index contributed by atoms with van der Waals surface area (Å²) in [4.78, 5) is 94.2. The van der Waals surface area contributed by atoms with E-state index in [4.69, 9.17) is 19.9 Å². The van der Waals surface area contributed by atoms with Gasteiger partial charge in [-0.15, -0.1) is 0 Å². The van der Waals surface area contributed by atoms with Gasteiger partial charge in [0.15, 0.2) is 23.1 Å². The number of nitrogens with zero attached hydrogens (tertiary/aromatic N) is 4. The molecule has 18 bridgehead atoms. The molecule has 6 aromatic heterocycles. The first-order valence-corrected chi connectivity index (χ1v) is 33.0. The van der Waals surface area contributed by atoms with Crippen LogP contribution in [0.3, 0.4) is 0 Å². The summed E-state index contributed by atoms with van der Waals surface area (Å²) in [5.74, 6) is -1.48. The van der Waals surface area contributed by atoms with Crippen LogP contribution in [0, 0.1) is 23.7 Å². The van der Waals surface area contributed by atoms with Gasteiger partial charge in [0.05, 0.1) is 51.1 Å². The van der Waals surface area contributed by atoms with Crippen LogP contribution in [0.15, 0.2) is 144 Å². The Morgan fingerprint density at radius 2 is 0.809 bits per heavy atom. The molecule has 17 rings (SSSR count). The van der Waals surface area contributed by atoms with Crippen molar-refractivity contribution in [2.24, 2.45) is 23.7 Å². The van der Waals surface area contributed by atoms with Gasteiger partial charge in [0.25, 0.3) is 0 Å². The standard InChI is InChI=1S/C82H70N8O4/c1-41(2)33-54-59-25-26-60(87-59)55(34-42(3)4)62-29-30-64(89-62)57(36-44(7)8)81-58(39-69(90-81)56(35-43(5)6)63-28-27-61(54)88-63)74-67-23-19-49(85-67)37-47-17-21-65(83-47)73(66-22-18-48(84-66)38-50-20-24-68(74)86-50)46-15-13-45(14-16-46)53-40-72(93)79-75-51-11-9-10-12-52(51)76(80(79)82(53)94)78-71(92)32-31-70(91)77(75)78/h9-32,37-44,75-76,83,86-87,90H,33-36H2,1-8H3. The van der Waals surface area contributed by atoms with Crippen molar-refractivity contribution in [3.05, 3.63) is 228 Å². The highest BCUT2D eigenvalue weighted by Crippen LogP contribution is 2.59. The minimum atomic E-state index is -0.825. The lowest BCUT2D eigenvalue weighted by Crippen LogP contribution is -2.40. The van der Waals surface area contributed by atoms with Crippen LogP contribution in [-0.2, 0) is 44.9 Å². The fourth-order valence-corrected chi connectivity index (χ4v) is 15.3. The second kappa shape index (κ2) is 22.5. The molecule has 462 valence electrons. The fraction of sp³-hybridized carbons (Fsp3) is 0.220. The van der Waals surface area contributed by atoms with Gasteiger partial charge in [-0.25, -0.2) is 19.9 Å². The summed E-state index contributed by atoms with van der Waals surface area (Å²) in [5.41, 5.74) is 26.3. The van der Waals surface area contributed by atoms with Crippen molar-refractivity contribution in [1.29, 1.82) is 0 Å². The van der Waals surface area contributed by atoms with Crippen LogP contribution in [0.5, 0.6) is 0 Å². The Hall–Kier alpha value is -10.7. The molecular weight excluding hydrogens is 1160 g/mol. The van der Waals surface area contributed by atoms with Crippen molar-refractivity contribution in [3.63, 3.8) is 0 Å².